The number of sulfonamides is 1. The average Bonchev–Trinajstić information content (AvgIpc) is 2.87. The first-order chi connectivity index (χ1) is 17.5. The van der Waals surface area contributed by atoms with Crippen molar-refractivity contribution in [2.24, 2.45) is 0 Å². The van der Waals surface area contributed by atoms with Crippen LogP contribution in [0.15, 0.2) is 65.6 Å². The molecule has 0 saturated heterocycles. The molecule has 37 heavy (non-hydrogen) atoms. The van der Waals surface area contributed by atoms with E-state index in [1.165, 1.54) is 4.31 Å². The Morgan fingerprint density at radius 2 is 1.70 bits per heavy atom. The number of carbonyl (C=O) groups excluding carboxylic acids is 1. The van der Waals surface area contributed by atoms with Gasteiger partial charge in [-0.2, -0.15) is 0 Å². The first-order valence-corrected chi connectivity index (χ1v) is 13.8. The standard InChI is InChI=1S/C29H34N2O5S/c1-18(2)23-16-24(20(4)15-27(23)35-6)21(5)30-29(32)28-17-31(25-9-7-8-10-26(25)36-28)37(33,34)22-13-11-19(3)12-14-22/h7-16,18,21,28H,17H2,1-6H3,(H,30,32)/t21-,28+/m0/s1. The minimum absolute atomic E-state index is 0.134. The van der Waals surface area contributed by atoms with Crippen molar-refractivity contribution in [1.82, 2.24) is 5.32 Å². The normalized spacial score (nSPS) is 16.1. The number of nitrogens with one attached hydrogen (secondary N) is 1. The summed E-state index contributed by atoms with van der Waals surface area (Å²) in [5, 5.41) is 3.03. The van der Waals surface area contributed by atoms with Crippen molar-refractivity contribution >= 4 is 21.6 Å². The van der Waals surface area contributed by atoms with Gasteiger partial charge in [-0.15, -0.1) is 0 Å². The second-order valence-electron chi connectivity index (χ2n) is 9.76. The zero-order valence-electron chi connectivity index (χ0n) is 22.1. The molecule has 0 radical (unpaired) electrons. The van der Waals surface area contributed by atoms with Gasteiger partial charge in [0, 0.05) is 0 Å². The number of fused-ring (bicyclic) bond motifs is 1. The summed E-state index contributed by atoms with van der Waals surface area (Å²) in [6.45, 7) is 9.84. The van der Waals surface area contributed by atoms with Gasteiger partial charge in [-0.25, -0.2) is 8.42 Å². The molecule has 4 rings (SSSR count). The minimum atomic E-state index is -3.91. The molecule has 0 unspecified atom stereocenters. The van der Waals surface area contributed by atoms with E-state index in [-0.39, 0.29) is 29.3 Å². The van der Waals surface area contributed by atoms with Crippen molar-refractivity contribution in [2.45, 2.75) is 57.6 Å². The first-order valence-electron chi connectivity index (χ1n) is 12.4. The number of nitrogens with zero attached hydrogens (tertiary/aromatic N) is 1. The number of para-hydroxylation sites is 2. The number of methoxy groups -OCH3 is 1. The van der Waals surface area contributed by atoms with E-state index in [1.54, 1.807) is 55.6 Å². The van der Waals surface area contributed by atoms with Crippen molar-refractivity contribution in [3.05, 3.63) is 82.9 Å². The maximum absolute atomic E-state index is 13.6. The van der Waals surface area contributed by atoms with Crippen LogP contribution >= 0.6 is 0 Å². The Morgan fingerprint density at radius 3 is 2.35 bits per heavy atom. The predicted molar refractivity (Wildman–Crippen MR) is 145 cm³/mol. The van der Waals surface area contributed by atoms with Gasteiger partial charge in [-0.05, 0) is 79.8 Å². The van der Waals surface area contributed by atoms with Crippen molar-refractivity contribution < 1.29 is 22.7 Å². The van der Waals surface area contributed by atoms with E-state index >= 15 is 0 Å². The van der Waals surface area contributed by atoms with Crippen LogP contribution in [0.2, 0.25) is 0 Å². The summed E-state index contributed by atoms with van der Waals surface area (Å²) in [6.07, 6.45) is -1.01. The van der Waals surface area contributed by atoms with Crippen molar-refractivity contribution in [3.63, 3.8) is 0 Å². The number of ether oxygens (including phenoxy) is 2. The number of amides is 1. The lowest BCUT2D eigenvalue weighted by atomic mass is 9.93. The minimum Gasteiger partial charge on any atom is -0.496 e. The number of benzene rings is 3. The van der Waals surface area contributed by atoms with Gasteiger partial charge in [0.05, 0.1) is 30.3 Å². The van der Waals surface area contributed by atoms with Crippen LogP contribution in [0.3, 0.4) is 0 Å². The fourth-order valence-corrected chi connectivity index (χ4v) is 6.07. The molecule has 1 N–H and O–H groups in total. The predicted octanol–water partition coefficient (Wildman–Crippen LogP) is 5.27. The van der Waals surface area contributed by atoms with E-state index in [2.05, 4.69) is 25.2 Å². The van der Waals surface area contributed by atoms with E-state index in [0.29, 0.717) is 11.4 Å². The SMILES string of the molecule is COc1cc(C)c([C@H](C)NC(=O)[C@H]2CN(S(=O)(=O)c3ccc(C)cc3)c3ccccc3O2)cc1C(C)C. The molecule has 0 aliphatic carbocycles. The van der Waals surface area contributed by atoms with E-state index in [4.69, 9.17) is 9.47 Å². The van der Waals surface area contributed by atoms with Crippen LogP contribution in [0, 0.1) is 13.8 Å². The lowest BCUT2D eigenvalue weighted by molar-refractivity contribution is -0.128. The lowest BCUT2D eigenvalue weighted by Gasteiger charge is -2.35. The number of rotatable bonds is 7. The Hall–Kier alpha value is -3.52. The summed E-state index contributed by atoms with van der Waals surface area (Å²) in [7, 11) is -2.26. The van der Waals surface area contributed by atoms with Gasteiger partial charge in [0.2, 0.25) is 0 Å². The molecule has 7 nitrogen and oxygen atoms in total. The van der Waals surface area contributed by atoms with E-state index in [1.807, 2.05) is 26.8 Å². The summed E-state index contributed by atoms with van der Waals surface area (Å²) in [5.41, 5.74) is 4.39. The molecule has 0 aromatic heterocycles. The Labute approximate surface area is 219 Å². The second kappa shape index (κ2) is 10.5. The maximum atomic E-state index is 13.6. The van der Waals surface area contributed by atoms with Gasteiger partial charge in [0.25, 0.3) is 15.9 Å². The lowest BCUT2D eigenvalue weighted by Crippen LogP contribution is -2.51. The smallest absolute Gasteiger partial charge is 0.264 e. The van der Waals surface area contributed by atoms with E-state index < -0.39 is 16.1 Å². The van der Waals surface area contributed by atoms with Crippen molar-refractivity contribution in [1.29, 1.82) is 0 Å². The van der Waals surface area contributed by atoms with Gasteiger partial charge >= 0.3 is 0 Å². The topological polar surface area (TPSA) is 84.9 Å². The van der Waals surface area contributed by atoms with Gasteiger partial charge in [-0.3, -0.25) is 9.10 Å². The van der Waals surface area contributed by atoms with Gasteiger partial charge < -0.3 is 14.8 Å². The molecule has 196 valence electrons. The van der Waals surface area contributed by atoms with Crippen LogP contribution in [-0.4, -0.2) is 34.1 Å². The first kappa shape index (κ1) is 26.5. The van der Waals surface area contributed by atoms with Gasteiger partial charge in [0.15, 0.2) is 6.10 Å². The highest BCUT2D eigenvalue weighted by Crippen LogP contribution is 2.37. The third-order valence-corrected chi connectivity index (χ3v) is 8.50. The third kappa shape index (κ3) is 5.30. The quantitative estimate of drug-likeness (QED) is 0.457. The molecule has 0 bridgehead atoms. The Kier molecular flexibility index (Phi) is 7.50. The molecule has 1 amide bonds. The molecule has 3 aromatic carbocycles. The zero-order chi connectivity index (χ0) is 26.9. The number of carbonyl (C=O) groups is 1. The molecule has 8 heteroatoms. The summed E-state index contributed by atoms with van der Waals surface area (Å²) in [6, 6.07) is 17.3. The van der Waals surface area contributed by atoms with Gasteiger partial charge in [-0.1, -0.05) is 43.7 Å². The molecular weight excluding hydrogens is 488 g/mol. The maximum Gasteiger partial charge on any atom is 0.264 e. The summed E-state index contributed by atoms with van der Waals surface area (Å²) < 4.78 is 40.0. The average molecular weight is 523 g/mol. The molecule has 3 aromatic rings. The summed E-state index contributed by atoms with van der Waals surface area (Å²) >= 11 is 0. The second-order valence-corrected chi connectivity index (χ2v) is 11.6. The number of anilines is 1. The van der Waals surface area contributed by atoms with Crippen molar-refractivity contribution in [2.75, 3.05) is 18.0 Å². The molecule has 0 spiro atoms. The number of aryl methyl sites for hydroxylation is 2. The van der Waals surface area contributed by atoms with Crippen LogP contribution in [0.4, 0.5) is 5.69 Å². The Morgan fingerprint density at radius 1 is 1.03 bits per heavy atom. The molecule has 0 saturated carbocycles. The van der Waals surface area contributed by atoms with Crippen LogP contribution in [0.25, 0.3) is 0 Å². The molecular formula is C29H34N2O5S. The Bertz CT molecular complexity index is 1400. The van der Waals surface area contributed by atoms with E-state index in [9.17, 15) is 13.2 Å². The van der Waals surface area contributed by atoms with Crippen molar-refractivity contribution in [3.8, 4) is 11.5 Å². The fourth-order valence-electron chi connectivity index (χ4n) is 4.60. The highest BCUT2D eigenvalue weighted by atomic mass is 32.2. The van der Waals surface area contributed by atoms with Crippen LogP contribution in [0.1, 0.15) is 55.0 Å². The summed E-state index contributed by atoms with van der Waals surface area (Å²) in [4.78, 5) is 13.6. The Balaban J connectivity index is 1.62. The molecule has 2 atom stereocenters. The van der Waals surface area contributed by atoms with E-state index in [0.717, 1.165) is 28.0 Å². The molecule has 1 heterocycles. The van der Waals surface area contributed by atoms with Gasteiger partial charge in [0.1, 0.15) is 11.5 Å². The number of hydrogen-bond acceptors (Lipinski definition) is 5. The summed E-state index contributed by atoms with van der Waals surface area (Å²) in [5.74, 6) is 1.03. The van der Waals surface area contributed by atoms with Crippen LogP contribution in [0.5, 0.6) is 11.5 Å². The molecule has 1 aliphatic rings. The largest absolute Gasteiger partial charge is 0.496 e. The van der Waals surface area contributed by atoms with Crippen LogP contribution in [-0.2, 0) is 14.8 Å². The fraction of sp³-hybridized carbons (Fsp3) is 0.345. The molecule has 1 aliphatic heterocycles. The third-order valence-electron chi connectivity index (χ3n) is 6.70. The van der Waals surface area contributed by atoms with Crippen LogP contribution < -0.4 is 19.1 Å². The highest BCUT2D eigenvalue weighted by molar-refractivity contribution is 7.92. The molecule has 0 fully saturated rings. The highest BCUT2D eigenvalue weighted by Gasteiger charge is 2.38. The zero-order valence-corrected chi connectivity index (χ0v) is 22.9. The number of hydrogen-bond donors (Lipinski definition) is 1. The monoisotopic (exact) mass is 522 g/mol.